The van der Waals surface area contributed by atoms with Gasteiger partial charge in [0, 0.05) is 32.2 Å². The number of benzene rings is 1. The molecule has 0 saturated carbocycles. The number of carbonyl (C=O) groups is 18. The molecule has 0 radical (unpaired) electrons. The summed E-state index contributed by atoms with van der Waals surface area (Å²) in [6, 6.07) is -15.0. The summed E-state index contributed by atoms with van der Waals surface area (Å²) in [5.74, 6) is -22.4. The smallest absolute Gasteiger partial charge is 0.326 e. The van der Waals surface area contributed by atoms with Crippen molar-refractivity contribution >= 4 is 113 Å². The van der Waals surface area contributed by atoms with E-state index in [1.54, 1.807) is 13.8 Å². The van der Waals surface area contributed by atoms with Crippen molar-refractivity contribution < 1.29 is 112 Å². The summed E-state index contributed by atoms with van der Waals surface area (Å²) in [7, 11) is 0. The Labute approximate surface area is 658 Å². The molecule has 0 aromatic heterocycles. The molecule has 114 heavy (non-hydrogen) atoms. The summed E-state index contributed by atoms with van der Waals surface area (Å²) < 4.78 is 0. The topological polar surface area (TPSA) is 759 Å². The van der Waals surface area contributed by atoms with Crippen LogP contribution in [0.3, 0.4) is 0 Å². The van der Waals surface area contributed by atoms with Gasteiger partial charge in [-0.1, -0.05) is 46.2 Å². The van der Waals surface area contributed by atoms with Crippen molar-refractivity contribution in [2.75, 3.05) is 32.7 Å². The largest absolute Gasteiger partial charge is 0.508 e. The number of carboxylic acids is 4. The second-order valence-corrected chi connectivity index (χ2v) is 27.8. The first-order valence-electron chi connectivity index (χ1n) is 37.3. The SMILES string of the molecule is CC(C)[C@H](NC(=O)[C@H](C)NC(=O)[C@H](Cc1ccc(O)cc1)NC(=O)[C@H](CC(N)=O)NC(=O)[C@H](C)NC(=O)[C@H](CCC(=O)O)NC(=O)[C@@H](NC(=O)[C@@H](N)CCCCN)C(C)C)C(=O)N[C@@H](CCC(=O)O)C(=O)NCC(=O)N[C@@H](CCC(=O)O)C(=O)N[C@@H](CCCN=C(N)N)C(=O)N[C@@H](CCCCN)C(=O)N[C@@H](CCCCN)C(=O)O. The highest BCUT2D eigenvalue weighted by molar-refractivity contribution is 6.01. The Morgan fingerprint density at radius 3 is 1.16 bits per heavy atom. The molecule has 640 valence electrons. The number of guanidine groups is 1. The van der Waals surface area contributed by atoms with Crippen LogP contribution in [0, 0.1) is 11.8 Å². The molecule has 44 heteroatoms. The van der Waals surface area contributed by atoms with Crippen molar-refractivity contribution in [3.8, 4) is 5.75 Å². The van der Waals surface area contributed by atoms with Crippen LogP contribution in [-0.4, -0.2) is 249 Å². The molecule has 44 nitrogen and oxygen atoms in total. The first-order chi connectivity index (χ1) is 53.5. The predicted molar refractivity (Wildman–Crippen MR) is 408 cm³/mol. The van der Waals surface area contributed by atoms with Gasteiger partial charge in [-0.3, -0.25) is 86.5 Å². The van der Waals surface area contributed by atoms with Crippen LogP contribution < -0.4 is 109 Å². The number of hydrogen-bond donors (Lipinski definition) is 25. The first kappa shape index (κ1) is 101. The van der Waals surface area contributed by atoms with Crippen LogP contribution >= 0.6 is 0 Å². The lowest BCUT2D eigenvalue weighted by molar-refractivity contribution is -0.143. The molecule has 0 heterocycles. The van der Waals surface area contributed by atoms with Gasteiger partial charge in [0.15, 0.2) is 5.96 Å². The number of phenolic OH excluding ortho intramolecular Hbond substituents is 1. The fourth-order valence-electron chi connectivity index (χ4n) is 10.8. The molecular formula is C70H117N21O23. The van der Waals surface area contributed by atoms with Gasteiger partial charge >= 0.3 is 23.9 Å². The fourth-order valence-corrected chi connectivity index (χ4v) is 10.8. The van der Waals surface area contributed by atoms with E-state index in [0.717, 1.165) is 13.8 Å². The number of nitrogens with one attached hydrogen (secondary N) is 13. The van der Waals surface area contributed by atoms with Crippen molar-refractivity contribution in [1.82, 2.24) is 69.1 Å². The Morgan fingerprint density at radius 1 is 0.377 bits per heavy atom. The van der Waals surface area contributed by atoms with Crippen molar-refractivity contribution in [2.24, 2.45) is 57.0 Å². The van der Waals surface area contributed by atoms with Crippen LogP contribution in [0.2, 0.25) is 0 Å². The van der Waals surface area contributed by atoms with Crippen molar-refractivity contribution in [1.29, 1.82) is 0 Å². The molecule has 1 aromatic rings. The minimum atomic E-state index is -1.90. The number of carboxylic acid groups (broad SMARTS) is 4. The Hall–Kier alpha value is -11.4. The fraction of sp³-hybridized carbons (Fsp3) is 0.643. The second-order valence-electron chi connectivity index (χ2n) is 27.8. The van der Waals surface area contributed by atoms with Gasteiger partial charge in [0.2, 0.25) is 82.7 Å². The third-order valence-corrected chi connectivity index (χ3v) is 17.4. The van der Waals surface area contributed by atoms with Crippen LogP contribution in [0.5, 0.6) is 5.75 Å². The highest BCUT2D eigenvalue weighted by Crippen LogP contribution is 2.15. The van der Waals surface area contributed by atoms with Crippen molar-refractivity contribution in [3.05, 3.63) is 29.8 Å². The average Bonchev–Trinajstić information content (AvgIpc) is 0.861. The second kappa shape index (κ2) is 53.5. The van der Waals surface area contributed by atoms with Crippen LogP contribution in [0.1, 0.15) is 163 Å². The normalized spacial score (nSPS) is 14.5. The van der Waals surface area contributed by atoms with E-state index in [1.165, 1.54) is 38.1 Å². The Morgan fingerprint density at radius 2 is 0.728 bits per heavy atom. The molecule has 32 N–H and O–H groups in total. The summed E-state index contributed by atoms with van der Waals surface area (Å²) in [6.07, 6.45) is -2.75. The van der Waals surface area contributed by atoms with E-state index in [4.69, 9.17) is 40.1 Å². The number of aromatic hydroxyl groups is 1. The monoisotopic (exact) mass is 1620 g/mol. The van der Waals surface area contributed by atoms with Gasteiger partial charge in [0.05, 0.1) is 19.0 Å². The Bertz CT molecular complexity index is 3450. The first-order valence-corrected chi connectivity index (χ1v) is 37.3. The number of unbranched alkanes of at least 4 members (excludes halogenated alkanes) is 3. The molecular weight excluding hydrogens is 1500 g/mol. The number of carbonyl (C=O) groups excluding carboxylic acids is 14. The van der Waals surface area contributed by atoms with E-state index in [0.29, 0.717) is 38.6 Å². The summed E-state index contributed by atoms with van der Waals surface area (Å²) >= 11 is 0. The summed E-state index contributed by atoms with van der Waals surface area (Å²) in [5.41, 5.74) is 39.5. The molecule has 0 bridgehead atoms. The number of primary amides is 1. The van der Waals surface area contributed by atoms with Crippen molar-refractivity contribution in [3.63, 3.8) is 0 Å². The zero-order chi connectivity index (χ0) is 86.5. The molecule has 1 aromatic carbocycles. The zero-order valence-corrected chi connectivity index (χ0v) is 65.0. The molecule has 0 spiro atoms. The molecule has 14 amide bonds. The molecule has 0 unspecified atom stereocenters. The standard InChI is InChI=1S/C70H117N21O23/c1-35(2)55(67(111)85-44(22-25-52(95)96)60(104)79-34-51(94)82-45(23-26-53(97)98)64(108)84-43(17-13-31-78-70(76)77)62(106)83-42(15-8-11-29-72)63(107)87-47(69(113)114)16-9-12-30-73)90-58(102)38(6)81-65(109)48(32-39-18-20-40(92)21-19-39)89-66(110)49(33-50(75)93)88-57(101)37(5)80-61(105)46(24-27-54(99)100)86-68(112)56(36(3)4)91-59(103)41(74)14-7-10-28-71/h18-21,35-38,41-49,55-56,92H,7-17,22-34,71-74H2,1-6H3,(H2,75,93)(H,79,104)(H,80,105)(H,81,109)(H,82,94)(H,83,106)(H,84,108)(H,85,111)(H,86,112)(H,87,107)(H,88,101)(H,89,110)(H,90,102)(H,91,103)(H,95,96)(H,97,98)(H,99,100)(H,113,114)(H4,76,77,78)/t37-,38-,41-,42-,43-,44-,45-,46-,47-,48-,49-,55-,56-/m0/s1. The molecule has 0 aliphatic rings. The van der Waals surface area contributed by atoms with Gasteiger partial charge in [0.25, 0.3) is 0 Å². The lowest BCUT2D eigenvalue weighted by Crippen LogP contribution is -2.61. The van der Waals surface area contributed by atoms with Crippen molar-refractivity contribution in [2.45, 2.75) is 242 Å². The highest BCUT2D eigenvalue weighted by atomic mass is 16.4. The van der Waals surface area contributed by atoms with Gasteiger partial charge in [0.1, 0.15) is 78.3 Å². The van der Waals surface area contributed by atoms with Crippen LogP contribution in [-0.2, 0) is 92.7 Å². The predicted octanol–water partition coefficient (Wildman–Crippen LogP) is -7.46. The molecule has 1 rings (SSSR count). The lowest BCUT2D eigenvalue weighted by atomic mass is 10.0. The quantitative estimate of drug-likeness (QED) is 0.0164. The van der Waals surface area contributed by atoms with E-state index in [2.05, 4.69) is 74.1 Å². The van der Waals surface area contributed by atoms with Gasteiger partial charge < -0.3 is 135 Å². The number of hydrogen-bond acceptors (Lipinski definition) is 24. The highest BCUT2D eigenvalue weighted by Gasteiger charge is 2.38. The lowest BCUT2D eigenvalue weighted by Gasteiger charge is -2.28. The number of nitrogens with zero attached hydrogens (tertiary/aromatic N) is 1. The molecule has 13 atom stereocenters. The van der Waals surface area contributed by atoms with E-state index in [-0.39, 0.29) is 75.4 Å². The molecule has 0 fully saturated rings. The molecule has 0 saturated heterocycles. The number of nitrogens with two attached hydrogens (primary N) is 7. The summed E-state index contributed by atoms with van der Waals surface area (Å²) in [5, 5.41) is 79.5. The number of aliphatic imine (C=N–C) groups is 1. The summed E-state index contributed by atoms with van der Waals surface area (Å²) in [6.45, 7) is 8.06. The molecule has 0 aliphatic carbocycles. The maximum Gasteiger partial charge on any atom is 0.326 e. The Balaban J connectivity index is 3.50. The van der Waals surface area contributed by atoms with Gasteiger partial charge in [-0.25, -0.2) is 4.79 Å². The number of rotatable bonds is 58. The number of amides is 14. The average molecular weight is 1620 g/mol. The third kappa shape index (κ3) is 40.7. The van der Waals surface area contributed by atoms with Gasteiger partial charge in [-0.05, 0) is 146 Å². The minimum absolute atomic E-state index is 0.00513. The van der Waals surface area contributed by atoms with E-state index < -0.39 is 255 Å². The maximum absolute atomic E-state index is 14.3. The van der Waals surface area contributed by atoms with Gasteiger partial charge in [-0.2, -0.15) is 0 Å². The van der Waals surface area contributed by atoms with E-state index >= 15 is 0 Å². The number of phenols is 1. The minimum Gasteiger partial charge on any atom is -0.508 e. The van der Waals surface area contributed by atoms with E-state index in [1.807, 2.05) is 0 Å². The van der Waals surface area contributed by atoms with Crippen LogP contribution in [0.25, 0.3) is 0 Å². The van der Waals surface area contributed by atoms with E-state index in [9.17, 15) is 112 Å². The van der Waals surface area contributed by atoms with Crippen LogP contribution in [0.4, 0.5) is 0 Å². The van der Waals surface area contributed by atoms with Crippen LogP contribution in [0.15, 0.2) is 29.3 Å². The third-order valence-electron chi connectivity index (χ3n) is 17.4. The maximum atomic E-state index is 14.3. The Kier molecular flexibility index (Phi) is 47.2. The summed E-state index contributed by atoms with van der Waals surface area (Å²) in [4.78, 5) is 244. The number of aliphatic carboxylic acids is 4. The zero-order valence-electron chi connectivity index (χ0n) is 65.0. The molecule has 0 aliphatic heterocycles. The van der Waals surface area contributed by atoms with Gasteiger partial charge in [-0.15, -0.1) is 0 Å².